The molecule has 4 heteroatoms. The van der Waals surface area contributed by atoms with Crippen molar-refractivity contribution in [2.75, 3.05) is 18.5 Å². The molecule has 1 aromatic heterocycles. The van der Waals surface area contributed by atoms with Gasteiger partial charge < -0.3 is 4.90 Å². The summed E-state index contributed by atoms with van der Waals surface area (Å²) in [4.78, 5) is 19.7. The van der Waals surface area contributed by atoms with E-state index < -0.39 is 0 Å². The second kappa shape index (κ2) is 3.77. The first-order chi connectivity index (χ1) is 7.97. The van der Waals surface area contributed by atoms with Crippen LogP contribution < -0.4 is 4.90 Å². The molecule has 0 radical (unpaired) electrons. The van der Waals surface area contributed by atoms with E-state index >= 15 is 0 Å². The Balaban J connectivity index is 2.43. The second-order valence-corrected chi connectivity index (χ2v) is 4.76. The van der Waals surface area contributed by atoms with E-state index in [1.54, 1.807) is 29.1 Å². The lowest BCUT2D eigenvalue weighted by Crippen LogP contribution is -2.38. The van der Waals surface area contributed by atoms with Crippen LogP contribution in [-0.4, -0.2) is 35.0 Å². The van der Waals surface area contributed by atoms with Gasteiger partial charge in [0.25, 0.3) is 0 Å². The first-order valence-electron chi connectivity index (χ1n) is 5.44. The zero-order valence-electron chi connectivity index (χ0n) is 10.3. The molecule has 2 rings (SSSR count). The molecule has 0 unspecified atom stereocenters. The van der Waals surface area contributed by atoms with Crippen molar-refractivity contribution in [1.82, 2.24) is 9.88 Å². The van der Waals surface area contributed by atoms with Gasteiger partial charge in [0.1, 0.15) is 5.69 Å². The smallest absolute Gasteiger partial charge is 0.320 e. The predicted octanol–water partition coefficient (Wildman–Crippen LogP) is 1.71. The van der Waals surface area contributed by atoms with E-state index in [9.17, 15) is 4.79 Å². The zero-order valence-corrected chi connectivity index (χ0v) is 10.3. The molecule has 88 valence electrons. The topological polar surface area (TPSA) is 36.4 Å². The van der Waals surface area contributed by atoms with Gasteiger partial charge in [-0.3, -0.25) is 4.90 Å². The molecule has 1 aromatic rings. The highest BCUT2D eigenvalue weighted by Gasteiger charge is 2.41. The largest absolute Gasteiger partial charge is 0.324 e. The molecular weight excluding hydrogens is 214 g/mol. The van der Waals surface area contributed by atoms with Crippen LogP contribution in [0.2, 0.25) is 0 Å². The van der Waals surface area contributed by atoms with Gasteiger partial charge in [-0.1, -0.05) is 0 Å². The van der Waals surface area contributed by atoms with Crippen molar-refractivity contribution in [3.8, 4) is 12.3 Å². The third kappa shape index (κ3) is 1.74. The summed E-state index contributed by atoms with van der Waals surface area (Å²) in [6.45, 7) is 4.66. The highest BCUT2D eigenvalue weighted by Crippen LogP contribution is 2.30. The van der Waals surface area contributed by atoms with E-state index in [1.165, 1.54) is 0 Å². The maximum atomic E-state index is 12.1. The van der Waals surface area contributed by atoms with Crippen LogP contribution in [0.25, 0.3) is 0 Å². The molecule has 0 aliphatic carbocycles. The normalized spacial score (nSPS) is 18.4. The van der Waals surface area contributed by atoms with Crippen molar-refractivity contribution in [1.29, 1.82) is 0 Å². The fourth-order valence-corrected chi connectivity index (χ4v) is 1.91. The summed E-state index contributed by atoms with van der Waals surface area (Å²) in [5, 5.41) is 0. The Morgan fingerprint density at radius 3 is 2.76 bits per heavy atom. The van der Waals surface area contributed by atoms with Crippen LogP contribution in [-0.2, 0) is 0 Å². The number of terminal acetylenes is 1. The van der Waals surface area contributed by atoms with E-state index in [1.807, 2.05) is 19.9 Å². The molecule has 0 saturated carbocycles. The minimum Gasteiger partial charge on any atom is -0.320 e. The minimum absolute atomic E-state index is 0.0421. The molecule has 17 heavy (non-hydrogen) atoms. The third-order valence-corrected chi connectivity index (χ3v) is 3.18. The maximum Gasteiger partial charge on any atom is 0.324 e. The average Bonchev–Trinajstić information content (AvgIpc) is 2.53. The quantitative estimate of drug-likeness (QED) is 0.687. The third-order valence-electron chi connectivity index (χ3n) is 3.18. The Kier molecular flexibility index (Phi) is 2.55. The number of anilines is 1. The van der Waals surface area contributed by atoms with Gasteiger partial charge in [0, 0.05) is 13.2 Å². The zero-order chi connectivity index (χ0) is 12.6. The van der Waals surface area contributed by atoms with Crippen molar-refractivity contribution < 1.29 is 4.79 Å². The number of likely N-dealkylation sites (N-methyl/N-ethyl adjacent to an activating group) is 1. The summed E-state index contributed by atoms with van der Waals surface area (Å²) in [5.74, 6) is 2.51. The fourth-order valence-electron chi connectivity index (χ4n) is 1.91. The van der Waals surface area contributed by atoms with Gasteiger partial charge in [-0.15, -0.1) is 6.42 Å². The maximum absolute atomic E-state index is 12.1. The highest BCUT2D eigenvalue weighted by molar-refractivity contribution is 5.96. The van der Waals surface area contributed by atoms with Gasteiger partial charge >= 0.3 is 6.03 Å². The number of urea groups is 1. The molecule has 1 fully saturated rings. The van der Waals surface area contributed by atoms with Gasteiger partial charge in [0.15, 0.2) is 0 Å². The number of amides is 2. The van der Waals surface area contributed by atoms with Crippen LogP contribution in [0.5, 0.6) is 0 Å². The second-order valence-electron chi connectivity index (χ2n) is 4.76. The molecule has 0 spiro atoms. The van der Waals surface area contributed by atoms with Crippen LogP contribution in [0, 0.1) is 12.3 Å². The number of hydrogen-bond acceptors (Lipinski definition) is 2. The molecular formula is C13H15N3O. The Labute approximate surface area is 101 Å². The van der Waals surface area contributed by atoms with E-state index in [2.05, 4.69) is 10.9 Å². The SMILES string of the molecule is C#Cc1ncccc1N1CC(C)(C)N(C)C1=O. The monoisotopic (exact) mass is 229 g/mol. The van der Waals surface area contributed by atoms with Crippen LogP contribution >= 0.6 is 0 Å². The molecule has 1 saturated heterocycles. The van der Waals surface area contributed by atoms with Crippen molar-refractivity contribution in [3.05, 3.63) is 24.0 Å². The minimum atomic E-state index is -0.196. The number of carbonyl (C=O) groups is 1. The standard InChI is InChI=1S/C13H15N3O/c1-5-10-11(7-6-8-14-10)16-9-13(2,3)15(4)12(16)17/h1,6-8H,9H2,2-4H3. The molecule has 4 nitrogen and oxygen atoms in total. The molecule has 1 aliphatic heterocycles. The van der Waals surface area contributed by atoms with Crippen LogP contribution in [0.4, 0.5) is 10.5 Å². The summed E-state index contributed by atoms with van der Waals surface area (Å²) in [7, 11) is 1.80. The summed E-state index contributed by atoms with van der Waals surface area (Å²) in [5.41, 5.74) is 1.02. The highest BCUT2D eigenvalue weighted by atomic mass is 16.2. The predicted molar refractivity (Wildman–Crippen MR) is 66.8 cm³/mol. The van der Waals surface area contributed by atoms with Crippen molar-refractivity contribution in [3.63, 3.8) is 0 Å². The van der Waals surface area contributed by atoms with Gasteiger partial charge in [0.2, 0.25) is 0 Å². The van der Waals surface area contributed by atoms with E-state index in [0.717, 1.165) is 0 Å². The van der Waals surface area contributed by atoms with E-state index in [-0.39, 0.29) is 11.6 Å². The molecule has 2 heterocycles. The Bertz CT molecular complexity index is 502. The lowest BCUT2D eigenvalue weighted by molar-refractivity contribution is 0.198. The lowest BCUT2D eigenvalue weighted by Gasteiger charge is -2.24. The molecule has 0 atom stereocenters. The summed E-state index contributed by atoms with van der Waals surface area (Å²) < 4.78 is 0. The number of rotatable bonds is 1. The Hall–Kier alpha value is -2.02. The summed E-state index contributed by atoms with van der Waals surface area (Å²) in [6.07, 6.45) is 7.03. The average molecular weight is 229 g/mol. The van der Waals surface area contributed by atoms with Crippen LogP contribution in [0.3, 0.4) is 0 Å². The molecule has 0 bridgehead atoms. The first-order valence-corrected chi connectivity index (χ1v) is 5.44. The summed E-state index contributed by atoms with van der Waals surface area (Å²) >= 11 is 0. The Morgan fingerprint density at radius 1 is 1.53 bits per heavy atom. The molecule has 2 amide bonds. The van der Waals surface area contributed by atoms with Gasteiger partial charge in [-0.05, 0) is 31.9 Å². The molecule has 0 aromatic carbocycles. The van der Waals surface area contributed by atoms with E-state index in [0.29, 0.717) is 17.9 Å². The van der Waals surface area contributed by atoms with Gasteiger partial charge in [0.05, 0.1) is 17.8 Å². The lowest BCUT2D eigenvalue weighted by atomic mass is 10.1. The number of pyridine rings is 1. The van der Waals surface area contributed by atoms with E-state index in [4.69, 9.17) is 6.42 Å². The van der Waals surface area contributed by atoms with Gasteiger partial charge in [-0.2, -0.15) is 0 Å². The molecule has 1 aliphatic rings. The number of aromatic nitrogens is 1. The Morgan fingerprint density at radius 2 is 2.24 bits per heavy atom. The number of carbonyl (C=O) groups excluding carboxylic acids is 1. The molecule has 0 N–H and O–H groups in total. The van der Waals surface area contributed by atoms with Crippen molar-refractivity contribution in [2.45, 2.75) is 19.4 Å². The first kappa shape index (κ1) is 11.5. The number of hydrogen-bond donors (Lipinski definition) is 0. The van der Waals surface area contributed by atoms with Crippen molar-refractivity contribution >= 4 is 11.7 Å². The fraction of sp³-hybridized carbons (Fsp3) is 0.385. The summed E-state index contributed by atoms with van der Waals surface area (Å²) in [6, 6.07) is 3.57. The van der Waals surface area contributed by atoms with Crippen molar-refractivity contribution in [2.24, 2.45) is 0 Å². The van der Waals surface area contributed by atoms with Crippen LogP contribution in [0.15, 0.2) is 18.3 Å². The number of nitrogens with zero attached hydrogens (tertiary/aromatic N) is 3. The van der Waals surface area contributed by atoms with Gasteiger partial charge in [-0.25, -0.2) is 9.78 Å². The van der Waals surface area contributed by atoms with Crippen LogP contribution in [0.1, 0.15) is 19.5 Å².